The standard InChI is InChI=1S/C11H12ClN3O3.ClH/c12-10-5-8(15(17)18)1-2-9(10)11(16)14-4-3-7(13)6-14;/h1-2,5,7H,3-4,6,13H2;1H/t7-;/m1./s1. The van der Waals surface area contributed by atoms with Crippen LogP contribution in [-0.4, -0.2) is 34.9 Å². The molecule has 0 radical (unpaired) electrons. The van der Waals surface area contributed by atoms with Gasteiger partial charge in [-0.2, -0.15) is 0 Å². The zero-order chi connectivity index (χ0) is 13.3. The second-order valence-corrected chi connectivity index (χ2v) is 4.63. The first-order valence-corrected chi connectivity index (χ1v) is 5.85. The third kappa shape index (κ3) is 3.34. The zero-order valence-electron chi connectivity index (χ0n) is 9.91. The van der Waals surface area contributed by atoms with E-state index in [0.717, 1.165) is 6.42 Å². The molecule has 1 aliphatic heterocycles. The molecule has 0 aliphatic carbocycles. The number of amides is 1. The number of nitrogens with zero attached hydrogens (tertiary/aromatic N) is 2. The van der Waals surface area contributed by atoms with E-state index in [1.807, 2.05) is 0 Å². The van der Waals surface area contributed by atoms with Gasteiger partial charge in [-0.3, -0.25) is 14.9 Å². The van der Waals surface area contributed by atoms with E-state index >= 15 is 0 Å². The number of carbonyl (C=O) groups is 1. The van der Waals surface area contributed by atoms with Crippen LogP contribution < -0.4 is 5.73 Å². The van der Waals surface area contributed by atoms with Crippen molar-refractivity contribution in [3.05, 3.63) is 38.9 Å². The van der Waals surface area contributed by atoms with Crippen molar-refractivity contribution >= 4 is 35.6 Å². The van der Waals surface area contributed by atoms with Crippen molar-refractivity contribution < 1.29 is 9.72 Å². The largest absolute Gasteiger partial charge is 0.337 e. The van der Waals surface area contributed by atoms with Gasteiger partial charge in [0.15, 0.2) is 0 Å². The van der Waals surface area contributed by atoms with Crippen LogP contribution in [0.4, 0.5) is 5.69 Å². The molecule has 8 heteroatoms. The molecule has 104 valence electrons. The van der Waals surface area contributed by atoms with Gasteiger partial charge in [-0.05, 0) is 12.5 Å². The highest BCUT2D eigenvalue weighted by atomic mass is 35.5. The van der Waals surface area contributed by atoms with Crippen LogP contribution in [0.25, 0.3) is 0 Å². The Kier molecular flexibility index (Phi) is 5.11. The van der Waals surface area contributed by atoms with E-state index in [9.17, 15) is 14.9 Å². The van der Waals surface area contributed by atoms with Gasteiger partial charge in [-0.25, -0.2) is 0 Å². The highest BCUT2D eigenvalue weighted by Crippen LogP contribution is 2.24. The van der Waals surface area contributed by atoms with Gasteiger partial charge in [0.05, 0.1) is 15.5 Å². The van der Waals surface area contributed by atoms with Gasteiger partial charge in [0.2, 0.25) is 0 Å². The molecular formula is C11H13Cl2N3O3. The number of benzene rings is 1. The molecule has 1 amide bonds. The summed E-state index contributed by atoms with van der Waals surface area (Å²) in [7, 11) is 0. The van der Waals surface area contributed by atoms with Gasteiger partial charge in [-0.1, -0.05) is 11.6 Å². The summed E-state index contributed by atoms with van der Waals surface area (Å²) in [6, 6.07) is 3.83. The summed E-state index contributed by atoms with van der Waals surface area (Å²) in [5.41, 5.74) is 5.87. The fraction of sp³-hybridized carbons (Fsp3) is 0.364. The van der Waals surface area contributed by atoms with Crippen LogP contribution in [0, 0.1) is 10.1 Å². The highest BCUT2D eigenvalue weighted by molar-refractivity contribution is 6.34. The minimum atomic E-state index is -0.550. The number of rotatable bonds is 2. The Bertz CT molecular complexity index is 510. The lowest BCUT2D eigenvalue weighted by Gasteiger charge is -2.16. The number of nitrogens with two attached hydrogens (primary N) is 1. The van der Waals surface area contributed by atoms with Crippen LogP contribution in [0.1, 0.15) is 16.8 Å². The number of hydrogen-bond donors (Lipinski definition) is 1. The maximum Gasteiger partial charge on any atom is 0.270 e. The monoisotopic (exact) mass is 305 g/mol. The quantitative estimate of drug-likeness (QED) is 0.667. The molecular weight excluding hydrogens is 293 g/mol. The smallest absolute Gasteiger partial charge is 0.270 e. The van der Waals surface area contributed by atoms with E-state index in [0.29, 0.717) is 13.1 Å². The number of halogens is 2. The number of likely N-dealkylation sites (tertiary alicyclic amines) is 1. The molecule has 19 heavy (non-hydrogen) atoms. The SMILES string of the molecule is Cl.N[C@@H]1CCN(C(=O)c2ccc([N+](=O)[O-])cc2Cl)C1. The molecule has 1 aliphatic rings. The number of nitro benzene ring substituents is 1. The lowest BCUT2D eigenvalue weighted by molar-refractivity contribution is -0.384. The third-order valence-corrected chi connectivity index (χ3v) is 3.22. The summed E-state index contributed by atoms with van der Waals surface area (Å²) in [6.45, 7) is 1.08. The maximum atomic E-state index is 12.1. The number of carbonyl (C=O) groups excluding carboxylic acids is 1. The van der Waals surface area contributed by atoms with Gasteiger partial charge < -0.3 is 10.6 Å². The van der Waals surface area contributed by atoms with Gasteiger partial charge in [0, 0.05) is 31.3 Å². The Morgan fingerprint density at radius 2 is 2.21 bits per heavy atom. The molecule has 0 unspecified atom stereocenters. The second-order valence-electron chi connectivity index (χ2n) is 4.22. The van der Waals surface area contributed by atoms with Crippen molar-refractivity contribution in [3.8, 4) is 0 Å². The summed E-state index contributed by atoms with van der Waals surface area (Å²) < 4.78 is 0. The van der Waals surface area contributed by atoms with Crippen molar-refractivity contribution in [2.45, 2.75) is 12.5 Å². The zero-order valence-corrected chi connectivity index (χ0v) is 11.5. The van der Waals surface area contributed by atoms with Crippen LogP contribution in [-0.2, 0) is 0 Å². The maximum absolute atomic E-state index is 12.1. The fourth-order valence-corrected chi connectivity index (χ4v) is 2.19. The number of non-ortho nitro benzene ring substituents is 1. The molecule has 1 heterocycles. The van der Waals surface area contributed by atoms with Gasteiger partial charge in [0.25, 0.3) is 11.6 Å². The molecule has 0 bridgehead atoms. The van der Waals surface area contributed by atoms with Gasteiger partial charge in [0.1, 0.15) is 0 Å². The molecule has 2 N–H and O–H groups in total. The summed E-state index contributed by atoms with van der Waals surface area (Å²) in [5, 5.41) is 10.7. The third-order valence-electron chi connectivity index (χ3n) is 2.91. The molecule has 1 atom stereocenters. The van der Waals surface area contributed by atoms with Crippen LogP contribution in [0.2, 0.25) is 5.02 Å². The first-order valence-electron chi connectivity index (χ1n) is 5.48. The molecule has 1 fully saturated rings. The molecule has 1 aromatic carbocycles. The lowest BCUT2D eigenvalue weighted by atomic mass is 10.2. The fourth-order valence-electron chi connectivity index (χ4n) is 1.93. The number of hydrogen-bond acceptors (Lipinski definition) is 4. The predicted molar refractivity (Wildman–Crippen MR) is 73.9 cm³/mol. The highest BCUT2D eigenvalue weighted by Gasteiger charge is 2.26. The van der Waals surface area contributed by atoms with Crippen LogP contribution in [0.3, 0.4) is 0 Å². The summed E-state index contributed by atoms with van der Waals surface area (Å²) in [4.78, 5) is 23.7. The van der Waals surface area contributed by atoms with E-state index in [1.54, 1.807) is 4.90 Å². The first-order chi connectivity index (χ1) is 8.49. The molecule has 0 aromatic heterocycles. The minimum absolute atomic E-state index is 0. The topological polar surface area (TPSA) is 89.5 Å². The Hall–Kier alpha value is -1.37. The number of nitro groups is 1. The lowest BCUT2D eigenvalue weighted by Crippen LogP contribution is -2.32. The van der Waals surface area contributed by atoms with Gasteiger partial charge >= 0.3 is 0 Å². The van der Waals surface area contributed by atoms with E-state index in [1.165, 1.54) is 18.2 Å². The van der Waals surface area contributed by atoms with Crippen molar-refractivity contribution in [2.24, 2.45) is 5.73 Å². The van der Waals surface area contributed by atoms with Gasteiger partial charge in [-0.15, -0.1) is 12.4 Å². The summed E-state index contributed by atoms with van der Waals surface area (Å²) >= 11 is 5.90. The molecule has 2 rings (SSSR count). The normalized spacial score (nSPS) is 18.0. The Balaban J connectivity index is 0.00000180. The molecule has 1 aromatic rings. The molecule has 0 saturated carbocycles. The van der Waals surface area contributed by atoms with E-state index < -0.39 is 4.92 Å². The van der Waals surface area contributed by atoms with Crippen LogP contribution in [0.5, 0.6) is 0 Å². The Morgan fingerprint density at radius 3 is 2.68 bits per heavy atom. The van der Waals surface area contributed by atoms with Crippen LogP contribution in [0.15, 0.2) is 18.2 Å². The van der Waals surface area contributed by atoms with Crippen molar-refractivity contribution in [1.29, 1.82) is 0 Å². The molecule has 0 spiro atoms. The molecule has 6 nitrogen and oxygen atoms in total. The molecule has 1 saturated heterocycles. The van der Waals surface area contributed by atoms with E-state index in [4.69, 9.17) is 17.3 Å². The predicted octanol–water partition coefficient (Wildman–Crippen LogP) is 1.84. The van der Waals surface area contributed by atoms with E-state index in [-0.39, 0.29) is 40.6 Å². The van der Waals surface area contributed by atoms with E-state index in [2.05, 4.69) is 0 Å². The minimum Gasteiger partial charge on any atom is -0.337 e. The Morgan fingerprint density at radius 1 is 1.53 bits per heavy atom. The average Bonchev–Trinajstić information content (AvgIpc) is 2.74. The van der Waals surface area contributed by atoms with Crippen molar-refractivity contribution in [2.75, 3.05) is 13.1 Å². The van der Waals surface area contributed by atoms with Crippen molar-refractivity contribution in [1.82, 2.24) is 4.90 Å². The van der Waals surface area contributed by atoms with Crippen molar-refractivity contribution in [3.63, 3.8) is 0 Å². The summed E-state index contributed by atoms with van der Waals surface area (Å²) in [5.74, 6) is -0.233. The first kappa shape index (κ1) is 15.7. The summed E-state index contributed by atoms with van der Waals surface area (Å²) in [6.07, 6.45) is 0.760. The Labute approximate surface area is 121 Å². The second kappa shape index (κ2) is 6.18. The van der Waals surface area contributed by atoms with Crippen LogP contribution >= 0.6 is 24.0 Å². The average molecular weight is 306 g/mol.